The van der Waals surface area contributed by atoms with Crippen molar-refractivity contribution in [1.82, 2.24) is 6.15 Å². The summed E-state index contributed by atoms with van der Waals surface area (Å²) in [6, 6.07) is 5.71. The van der Waals surface area contributed by atoms with Gasteiger partial charge < -0.3 is 11.3 Å². The zero-order valence-electron chi connectivity index (χ0n) is 8.21. The zero-order valence-corrected chi connectivity index (χ0v) is 9.03. The lowest BCUT2D eigenvalue weighted by atomic mass is 10.0. The highest BCUT2D eigenvalue weighted by molar-refractivity contribution is 5.85. The van der Waals surface area contributed by atoms with E-state index < -0.39 is 0 Å². The number of hydrogen-bond donors (Lipinski definition) is 2. The fraction of sp³-hybridized carbons (Fsp3) is 0.400. The lowest BCUT2D eigenvalue weighted by Crippen LogP contribution is -1.90. The summed E-state index contributed by atoms with van der Waals surface area (Å²) in [6.45, 7) is 4.17. The van der Waals surface area contributed by atoms with Crippen LogP contribution in [-0.4, -0.2) is 5.11 Å². The van der Waals surface area contributed by atoms with Crippen molar-refractivity contribution in [2.75, 3.05) is 0 Å². The molecule has 0 spiro atoms. The first-order chi connectivity index (χ1) is 5.29. The Hall–Kier alpha value is -0.730. The van der Waals surface area contributed by atoms with Crippen LogP contribution < -0.4 is 6.15 Å². The van der Waals surface area contributed by atoms with E-state index in [2.05, 4.69) is 19.9 Å². The Bertz CT molecular complexity index is 251. The van der Waals surface area contributed by atoms with Gasteiger partial charge in [0.05, 0.1) is 0 Å². The molecule has 0 bridgehead atoms. The molecular formula is C10H18ClNO. The summed E-state index contributed by atoms with van der Waals surface area (Å²) >= 11 is 0. The highest BCUT2D eigenvalue weighted by atomic mass is 35.5. The Morgan fingerprint density at radius 1 is 1.15 bits per heavy atom. The van der Waals surface area contributed by atoms with Crippen molar-refractivity contribution < 1.29 is 5.11 Å². The van der Waals surface area contributed by atoms with Crippen molar-refractivity contribution in [3.63, 3.8) is 0 Å². The molecule has 13 heavy (non-hydrogen) atoms. The largest absolute Gasteiger partial charge is 0.508 e. The topological polar surface area (TPSA) is 55.2 Å². The second-order valence-corrected chi connectivity index (χ2v) is 2.62. The van der Waals surface area contributed by atoms with E-state index in [9.17, 15) is 5.11 Å². The lowest BCUT2D eigenvalue weighted by Gasteiger charge is -2.06. The lowest BCUT2D eigenvalue weighted by molar-refractivity contribution is 0.468. The Morgan fingerprint density at radius 3 is 2.15 bits per heavy atom. The number of phenolic OH excluding ortho intramolecular Hbond substituents is 1. The summed E-state index contributed by atoms with van der Waals surface area (Å²) < 4.78 is 0. The zero-order chi connectivity index (χ0) is 8.27. The standard InChI is InChI=1S/C10H14O.ClH.H3N/c1-3-8-6-5-7-10(11)9(8)4-2;;/h5-7,11H,3-4H2,1-2H3;1H;1H3. The van der Waals surface area contributed by atoms with Crippen molar-refractivity contribution in [3.8, 4) is 5.75 Å². The first kappa shape index (κ1) is 14.8. The van der Waals surface area contributed by atoms with Gasteiger partial charge in [-0.2, -0.15) is 0 Å². The van der Waals surface area contributed by atoms with Crippen molar-refractivity contribution in [3.05, 3.63) is 29.3 Å². The van der Waals surface area contributed by atoms with Gasteiger partial charge in [-0.15, -0.1) is 12.4 Å². The summed E-state index contributed by atoms with van der Waals surface area (Å²) in [5.41, 5.74) is 2.35. The third-order valence-corrected chi connectivity index (χ3v) is 1.98. The average molecular weight is 204 g/mol. The van der Waals surface area contributed by atoms with Crippen LogP contribution in [0.25, 0.3) is 0 Å². The first-order valence-corrected chi connectivity index (χ1v) is 4.09. The smallest absolute Gasteiger partial charge is 0.119 e. The predicted octanol–water partition coefficient (Wildman–Crippen LogP) is 3.10. The molecule has 0 fully saturated rings. The fourth-order valence-electron chi connectivity index (χ4n) is 1.36. The summed E-state index contributed by atoms with van der Waals surface area (Å²) in [5.74, 6) is 0.437. The molecule has 0 heterocycles. The fourth-order valence-corrected chi connectivity index (χ4v) is 1.36. The van der Waals surface area contributed by atoms with Crippen molar-refractivity contribution in [2.24, 2.45) is 0 Å². The summed E-state index contributed by atoms with van der Waals surface area (Å²) in [7, 11) is 0. The van der Waals surface area contributed by atoms with Crippen LogP contribution in [0.1, 0.15) is 25.0 Å². The molecule has 0 unspecified atom stereocenters. The minimum absolute atomic E-state index is 0. The second-order valence-electron chi connectivity index (χ2n) is 2.62. The molecule has 0 saturated heterocycles. The molecule has 0 aromatic heterocycles. The van der Waals surface area contributed by atoms with Crippen molar-refractivity contribution >= 4 is 12.4 Å². The molecule has 3 heteroatoms. The minimum atomic E-state index is 0. The molecule has 1 aromatic carbocycles. The van der Waals surface area contributed by atoms with Gasteiger partial charge in [0.25, 0.3) is 0 Å². The first-order valence-electron chi connectivity index (χ1n) is 4.09. The number of hydrogen-bond acceptors (Lipinski definition) is 2. The molecule has 76 valence electrons. The minimum Gasteiger partial charge on any atom is -0.508 e. The van der Waals surface area contributed by atoms with Crippen LogP contribution in [0.3, 0.4) is 0 Å². The van der Waals surface area contributed by atoms with Crippen LogP contribution in [0.2, 0.25) is 0 Å². The van der Waals surface area contributed by atoms with Crippen LogP contribution in [0.5, 0.6) is 5.75 Å². The van der Waals surface area contributed by atoms with E-state index in [1.54, 1.807) is 6.07 Å². The number of rotatable bonds is 2. The van der Waals surface area contributed by atoms with Gasteiger partial charge in [0.2, 0.25) is 0 Å². The van der Waals surface area contributed by atoms with Gasteiger partial charge in [-0.1, -0.05) is 26.0 Å². The SMILES string of the molecule is CCc1cccc(O)c1CC.Cl.N. The Balaban J connectivity index is 0. The van der Waals surface area contributed by atoms with Gasteiger partial charge in [0.15, 0.2) is 0 Å². The van der Waals surface area contributed by atoms with Gasteiger partial charge in [-0.3, -0.25) is 0 Å². The summed E-state index contributed by atoms with van der Waals surface area (Å²) in [4.78, 5) is 0. The number of aromatic hydroxyl groups is 1. The van der Waals surface area contributed by atoms with Crippen molar-refractivity contribution in [1.29, 1.82) is 0 Å². The number of aryl methyl sites for hydroxylation is 1. The second kappa shape index (κ2) is 6.75. The van der Waals surface area contributed by atoms with Crippen molar-refractivity contribution in [2.45, 2.75) is 26.7 Å². The molecule has 0 radical (unpaired) electrons. The highest BCUT2D eigenvalue weighted by Gasteiger charge is 2.02. The average Bonchev–Trinajstić information content (AvgIpc) is 2.04. The van der Waals surface area contributed by atoms with E-state index in [1.807, 2.05) is 6.07 Å². The van der Waals surface area contributed by atoms with E-state index in [0.29, 0.717) is 5.75 Å². The van der Waals surface area contributed by atoms with Gasteiger partial charge in [-0.25, -0.2) is 0 Å². The molecule has 0 aliphatic carbocycles. The van der Waals surface area contributed by atoms with Gasteiger partial charge in [0, 0.05) is 0 Å². The van der Waals surface area contributed by atoms with Crippen LogP contribution >= 0.6 is 12.4 Å². The van der Waals surface area contributed by atoms with Gasteiger partial charge in [0.1, 0.15) is 5.75 Å². The molecular weight excluding hydrogens is 186 g/mol. The molecule has 0 atom stereocenters. The van der Waals surface area contributed by atoms with Gasteiger partial charge >= 0.3 is 0 Å². The quantitative estimate of drug-likeness (QED) is 0.776. The summed E-state index contributed by atoms with van der Waals surface area (Å²) in [5, 5.41) is 9.42. The monoisotopic (exact) mass is 203 g/mol. The van der Waals surface area contributed by atoms with Crippen LogP contribution in [0.4, 0.5) is 0 Å². The third-order valence-electron chi connectivity index (χ3n) is 1.98. The van der Waals surface area contributed by atoms with Crippen LogP contribution in [-0.2, 0) is 12.8 Å². The number of halogens is 1. The molecule has 2 nitrogen and oxygen atoms in total. The maximum Gasteiger partial charge on any atom is 0.119 e. The number of phenols is 1. The third kappa shape index (κ3) is 3.25. The van der Waals surface area contributed by atoms with E-state index >= 15 is 0 Å². The molecule has 1 aromatic rings. The highest BCUT2D eigenvalue weighted by Crippen LogP contribution is 2.21. The molecule has 0 aliphatic heterocycles. The normalized spacial score (nSPS) is 8.46. The Kier molecular flexibility index (Phi) is 7.67. The predicted molar refractivity (Wildman–Crippen MR) is 59.1 cm³/mol. The maximum atomic E-state index is 9.42. The Morgan fingerprint density at radius 2 is 1.77 bits per heavy atom. The van der Waals surface area contributed by atoms with E-state index in [4.69, 9.17) is 0 Å². The van der Waals surface area contributed by atoms with E-state index in [1.165, 1.54) is 5.56 Å². The summed E-state index contributed by atoms with van der Waals surface area (Å²) in [6.07, 6.45) is 1.91. The van der Waals surface area contributed by atoms with E-state index in [-0.39, 0.29) is 18.6 Å². The molecule has 0 aliphatic rings. The van der Waals surface area contributed by atoms with Gasteiger partial charge in [-0.05, 0) is 30.0 Å². The molecule has 1 rings (SSSR count). The molecule has 0 saturated carbocycles. The Labute approximate surface area is 86.0 Å². The van der Waals surface area contributed by atoms with Crippen LogP contribution in [0.15, 0.2) is 18.2 Å². The molecule has 0 amide bonds. The number of benzene rings is 1. The maximum absolute atomic E-state index is 9.42. The van der Waals surface area contributed by atoms with Crippen LogP contribution in [0, 0.1) is 0 Å². The van der Waals surface area contributed by atoms with E-state index in [0.717, 1.165) is 18.4 Å². The molecule has 4 N–H and O–H groups in total.